The minimum Gasteiger partial charge on any atom is -0.478 e. The van der Waals surface area contributed by atoms with Gasteiger partial charge in [0, 0.05) is 19.2 Å². The Balaban J connectivity index is 1.89. The Kier molecular flexibility index (Phi) is 7.03. The van der Waals surface area contributed by atoms with Gasteiger partial charge in [0.05, 0.1) is 19.0 Å². The molecular weight excluding hydrogens is 432 g/mol. The monoisotopic (exact) mass is 450 g/mol. The van der Waals surface area contributed by atoms with Crippen molar-refractivity contribution >= 4 is 18.0 Å². The number of aromatic nitrogens is 3. The highest BCUT2D eigenvalue weighted by Crippen LogP contribution is 2.22. The highest BCUT2D eigenvalue weighted by molar-refractivity contribution is 5.93. The van der Waals surface area contributed by atoms with Crippen LogP contribution in [0.2, 0.25) is 0 Å². The molecule has 0 radical (unpaired) electrons. The molecule has 0 bridgehead atoms. The van der Waals surface area contributed by atoms with Gasteiger partial charge >= 0.3 is 0 Å². The second-order valence-corrected chi connectivity index (χ2v) is 6.41. The number of halogens is 4. The molecule has 1 N–H and O–H groups in total. The maximum absolute atomic E-state index is 13.8. The van der Waals surface area contributed by atoms with Crippen molar-refractivity contribution in [3.63, 3.8) is 0 Å². The number of hydrogen-bond donors (Lipinski definition) is 1. The molecule has 0 aliphatic rings. The van der Waals surface area contributed by atoms with Gasteiger partial charge in [-0.15, -0.1) is 5.10 Å². The molecular formula is C20H18F4N6O2. The van der Waals surface area contributed by atoms with Gasteiger partial charge in [0.15, 0.2) is 5.82 Å². The summed E-state index contributed by atoms with van der Waals surface area (Å²) < 4.78 is 60.2. The lowest BCUT2D eigenvalue weighted by Gasteiger charge is -2.11. The van der Waals surface area contributed by atoms with Crippen LogP contribution in [0, 0.1) is 11.6 Å². The zero-order chi connectivity index (χ0) is 23.3. The molecule has 1 amide bonds. The molecule has 3 rings (SSSR count). The molecule has 2 aromatic heterocycles. The molecule has 0 saturated carbocycles. The number of nitrogens with one attached hydrogen (secondary N) is 1. The largest absolute Gasteiger partial charge is 0.478 e. The second kappa shape index (κ2) is 9.90. The molecule has 3 aromatic rings. The van der Waals surface area contributed by atoms with Gasteiger partial charge in [-0.2, -0.15) is 5.10 Å². The molecule has 0 unspecified atom stereocenters. The van der Waals surface area contributed by atoms with E-state index in [-0.39, 0.29) is 29.5 Å². The number of hydrazone groups is 1. The van der Waals surface area contributed by atoms with Crippen LogP contribution in [-0.4, -0.2) is 46.2 Å². The highest BCUT2D eigenvalue weighted by Gasteiger charge is 2.22. The number of hydrogen-bond acceptors (Lipinski definition) is 6. The van der Waals surface area contributed by atoms with Crippen molar-refractivity contribution in [3.05, 3.63) is 71.2 Å². The van der Waals surface area contributed by atoms with Crippen LogP contribution in [0.15, 0.2) is 47.7 Å². The Labute approximate surface area is 180 Å². The standard InChI is InChI=1S/C20H18F4N6O2/c1-29(11-31)28-20(32-2)17-8-16(19(23)24)27-30(17)18-7-6-12(9-26-18)25-10-13-14(21)4-3-5-15(13)22/h3-9,11,19,25H,10H2,1-2H3/b28-20-. The lowest BCUT2D eigenvalue weighted by molar-refractivity contribution is -0.117. The molecule has 8 nitrogen and oxygen atoms in total. The Bertz CT molecular complexity index is 1100. The SMILES string of the molecule is CO/C(=N\N(C)C=O)c1cc(C(F)F)nn1-c1ccc(NCc2c(F)cccc2F)cn1. The lowest BCUT2D eigenvalue weighted by Crippen LogP contribution is -2.18. The first-order valence-corrected chi connectivity index (χ1v) is 9.16. The fraction of sp³-hybridized carbons (Fsp3) is 0.200. The van der Waals surface area contributed by atoms with Gasteiger partial charge in [-0.25, -0.2) is 32.2 Å². The zero-order valence-electron chi connectivity index (χ0n) is 17.0. The third-order valence-corrected chi connectivity index (χ3v) is 4.26. The van der Waals surface area contributed by atoms with Crippen LogP contribution < -0.4 is 5.32 Å². The third kappa shape index (κ3) is 5.02. The van der Waals surface area contributed by atoms with Gasteiger partial charge in [0.25, 0.3) is 12.3 Å². The fourth-order valence-corrected chi connectivity index (χ4v) is 2.70. The number of carbonyl (C=O) groups is 1. The van der Waals surface area contributed by atoms with Crippen molar-refractivity contribution in [1.82, 2.24) is 19.8 Å². The van der Waals surface area contributed by atoms with Gasteiger partial charge in [-0.1, -0.05) is 6.07 Å². The van der Waals surface area contributed by atoms with E-state index in [2.05, 4.69) is 20.5 Å². The first-order chi connectivity index (χ1) is 15.3. The van der Waals surface area contributed by atoms with Crippen LogP contribution in [-0.2, 0) is 16.1 Å². The maximum atomic E-state index is 13.8. The van der Waals surface area contributed by atoms with E-state index in [1.807, 2.05) is 0 Å². The summed E-state index contributed by atoms with van der Waals surface area (Å²) in [6.45, 7) is -0.124. The maximum Gasteiger partial charge on any atom is 0.282 e. The topological polar surface area (TPSA) is 84.6 Å². The number of ether oxygens (including phenoxy) is 1. The number of benzene rings is 1. The number of pyridine rings is 1. The molecule has 0 atom stereocenters. The summed E-state index contributed by atoms with van der Waals surface area (Å²) in [7, 11) is 2.61. The fourth-order valence-electron chi connectivity index (χ4n) is 2.70. The third-order valence-electron chi connectivity index (χ3n) is 4.26. The van der Waals surface area contributed by atoms with Crippen molar-refractivity contribution in [2.45, 2.75) is 13.0 Å². The summed E-state index contributed by atoms with van der Waals surface area (Å²) in [4.78, 5) is 15.0. The van der Waals surface area contributed by atoms with E-state index in [9.17, 15) is 22.4 Å². The zero-order valence-corrected chi connectivity index (χ0v) is 17.0. The van der Waals surface area contributed by atoms with Crippen LogP contribution in [0.25, 0.3) is 5.82 Å². The van der Waals surface area contributed by atoms with E-state index < -0.39 is 23.8 Å². The van der Waals surface area contributed by atoms with Crippen molar-refractivity contribution in [1.29, 1.82) is 0 Å². The van der Waals surface area contributed by atoms with Gasteiger partial charge in [-0.05, 0) is 30.3 Å². The molecule has 0 aliphatic carbocycles. The molecule has 32 heavy (non-hydrogen) atoms. The van der Waals surface area contributed by atoms with E-state index >= 15 is 0 Å². The van der Waals surface area contributed by atoms with E-state index in [0.29, 0.717) is 12.1 Å². The van der Waals surface area contributed by atoms with Crippen LogP contribution in [0.3, 0.4) is 0 Å². The summed E-state index contributed by atoms with van der Waals surface area (Å²) in [5.74, 6) is -1.37. The summed E-state index contributed by atoms with van der Waals surface area (Å²) >= 11 is 0. The smallest absolute Gasteiger partial charge is 0.282 e. The summed E-state index contributed by atoms with van der Waals surface area (Å²) in [5.41, 5.74) is -0.205. The molecule has 0 aliphatic heterocycles. The molecule has 2 heterocycles. The number of nitrogens with zero attached hydrogens (tertiary/aromatic N) is 5. The summed E-state index contributed by atoms with van der Waals surface area (Å²) in [6.07, 6.45) is -1.11. The Hall–Kier alpha value is -3.96. The predicted octanol–water partition coefficient (Wildman–Crippen LogP) is 3.49. The summed E-state index contributed by atoms with van der Waals surface area (Å²) in [5, 5.41) is 11.5. The van der Waals surface area contributed by atoms with Crippen molar-refractivity contribution in [2.24, 2.45) is 5.10 Å². The average molecular weight is 450 g/mol. The Morgan fingerprint density at radius 1 is 1.28 bits per heavy atom. The number of amides is 1. The first kappa shape index (κ1) is 22.7. The first-order valence-electron chi connectivity index (χ1n) is 9.16. The molecule has 0 spiro atoms. The number of methoxy groups -OCH3 is 1. The quantitative estimate of drug-likeness (QED) is 0.187. The molecule has 168 valence electrons. The van der Waals surface area contributed by atoms with Gasteiger partial charge in [-0.3, -0.25) is 4.79 Å². The van der Waals surface area contributed by atoms with Crippen LogP contribution >= 0.6 is 0 Å². The number of rotatable bonds is 8. The molecule has 0 saturated heterocycles. The number of carbonyl (C=O) groups excluding carboxylic acids is 1. The molecule has 1 aromatic carbocycles. The van der Waals surface area contributed by atoms with Crippen LogP contribution in [0.1, 0.15) is 23.4 Å². The number of alkyl halides is 2. The van der Waals surface area contributed by atoms with Gasteiger partial charge in [0.1, 0.15) is 23.0 Å². The second-order valence-electron chi connectivity index (χ2n) is 6.41. The predicted molar refractivity (Wildman–Crippen MR) is 107 cm³/mol. The highest BCUT2D eigenvalue weighted by atomic mass is 19.3. The normalized spacial score (nSPS) is 11.5. The number of anilines is 1. The van der Waals surface area contributed by atoms with Crippen molar-refractivity contribution in [2.75, 3.05) is 19.5 Å². The van der Waals surface area contributed by atoms with E-state index in [0.717, 1.165) is 27.9 Å². The lowest BCUT2D eigenvalue weighted by atomic mass is 10.2. The van der Waals surface area contributed by atoms with Crippen LogP contribution in [0.5, 0.6) is 0 Å². The van der Waals surface area contributed by atoms with E-state index in [4.69, 9.17) is 4.74 Å². The minimum atomic E-state index is -2.87. The van der Waals surface area contributed by atoms with Gasteiger partial charge in [0.2, 0.25) is 6.41 Å². The molecule has 12 heteroatoms. The minimum absolute atomic E-state index is 0.0399. The van der Waals surface area contributed by atoms with E-state index in [1.165, 1.54) is 38.6 Å². The van der Waals surface area contributed by atoms with Crippen LogP contribution in [0.4, 0.5) is 23.2 Å². The van der Waals surface area contributed by atoms with E-state index in [1.54, 1.807) is 0 Å². The van der Waals surface area contributed by atoms with Crippen molar-refractivity contribution < 1.29 is 27.1 Å². The van der Waals surface area contributed by atoms with Gasteiger partial charge < -0.3 is 10.1 Å². The van der Waals surface area contributed by atoms with Crippen molar-refractivity contribution in [3.8, 4) is 5.82 Å². The molecule has 0 fully saturated rings. The summed E-state index contributed by atoms with van der Waals surface area (Å²) in [6, 6.07) is 7.64. The Morgan fingerprint density at radius 2 is 2.00 bits per heavy atom. The Morgan fingerprint density at radius 3 is 2.56 bits per heavy atom. The average Bonchev–Trinajstić information content (AvgIpc) is 3.23.